The van der Waals surface area contributed by atoms with E-state index in [0.29, 0.717) is 0 Å². The van der Waals surface area contributed by atoms with Gasteiger partial charge < -0.3 is 26.8 Å². The molecule has 0 saturated carbocycles. The summed E-state index contributed by atoms with van der Waals surface area (Å²) in [5.74, 6) is 0.918. The van der Waals surface area contributed by atoms with E-state index in [9.17, 15) is 0 Å². The summed E-state index contributed by atoms with van der Waals surface area (Å²) in [4.78, 5) is 9.21. The predicted molar refractivity (Wildman–Crippen MR) is 118 cm³/mol. The van der Waals surface area contributed by atoms with Crippen molar-refractivity contribution >= 4 is 11.5 Å². The molecule has 3 nitrogen and oxygen atoms in total. The molecule has 30 heavy (non-hydrogen) atoms. The average molecular weight is 556 g/mol. The fourth-order valence-electron chi connectivity index (χ4n) is 4.13. The summed E-state index contributed by atoms with van der Waals surface area (Å²) in [7, 11) is 0. The van der Waals surface area contributed by atoms with E-state index in [2.05, 4.69) is 112 Å². The first-order valence-corrected chi connectivity index (χ1v) is 9.65. The minimum Gasteiger partial charge on any atom is -1.00 e. The molecule has 159 valence electrons. The second-order valence-corrected chi connectivity index (χ2v) is 7.62. The molecule has 1 aliphatic heterocycles. The number of benzene rings is 2. The Bertz CT molecular complexity index is 1030. The van der Waals surface area contributed by atoms with E-state index in [-0.39, 0.29) is 39.4 Å². The Morgan fingerprint density at radius 2 is 1.27 bits per heavy atom. The molecule has 1 radical (unpaired) electrons. The molecule has 0 amide bonds. The van der Waals surface area contributed by atoms with Gasteiger partial charge in [-0.25, -0.2) is 4.98 Å². The SMILES string of the molecule is Cc1cc(C)c(N2[CH]N(c3cccc(-c4c(C)cccc4C)n3)C=C2)c(C)c1.[Ag+].[Br-]. The molecule has 0 N–H and O–H groups in total. The Hall–Kier alpha value is -1.85. The van der Waals surface area contributed by atoms with Gasteiger partial charge >= 0.3 is 22.4 Å². The topological polar surface area (TPSA) is 19.4 Å². The van der Waals surface area contributed by atoms with E-state index in [1.165, 1.54) is 39.1 Å². The molecule has 0 bridgehead atoms. The quantitative estimate of drug-likeness (QED) is 0.463. The summed E-state index contributed by atoms with van der Waals surface area (Å²) in [5, 5.41) is 0. The van der Waals surface area contributed by atoms with E-state index in [0.717, 1.165) is 11.5 Å². The Labute approximate surface area is 206 Å². The molecular weight excluding hydrogens is 530 g/mol. The van der Waals surface area contributed by atoms with Gasteiger partial charge in [-0.15, -0.1) is 0 Å². The maximum atomic E-state index is 4.95. The van der Waals surface area contributed by atoms with Gasteiger partial charge in [0.25, 0.3) is 0 Å². The molecule has 2 aromatic carbocycles. The number of hydrogen-bond acceptors (Lipinski definition) is 3. The molecule has 3 aromatic rings. The summed E-state index contributed by atoms with van der Waals surface area (Å²) < 4.78 is 0. The van der Waals surface area contributed by atoms with Crippen molar-refractivity contribution < 1.29 is 39.4 Å². The van der Waals surface area contributed by atoms with Crippen molar-refractivity contribution in [3.8, 4) is 11.3 Å². The van der Waals surface area contributed by atoms with Crippen LogP contribution in [-0.4, -0.2) is 4.98 Å². The minimum absolute atomic E-state index is 0. The fraction of sp³-hybridized carbons (Fsp3) is 0.200. The van der Waals surface area contributed by atoms with Crippen molar-refractivity contribution in [3.63, 3.8) is 0 Å². The van der Waals surface area contributed by atoms with Gasteiger partial charge in [0.05, 0.1) is 5.69 Å². The van der Waals surface area contributed by atoms with Crippen LogP contribution >= 0.6 is 0 Å². The maximum absolute atomic E-state index is 4.95. The zero-order valence-corrected chi connectivity index (χ0v) is 20.9. The molecular formula is C25H26AgBrN3. The van der Waals surface area contributed by atoms with Crippen LogP contribution in [-0.2, 0) is 22.4 Å². The number of pyridine rings is 1. The molecule has 0 spiro atoms. The summed E-state index contributed by atoms with van der Waals surface area (Å²) >= 11 is 0. The number of aromatic nitrogens is 1. The molecule has 1 aliphatic rings. The molecule has 0 unspecified atom stereocenters. The first-order chi connectivity index (χ1) is 13.4. The zero-order valence-electron chi connectivity index (χ0n) is 17.9. The number of rotatable bonds is 3. The van der Waals surface area contributed by atoms with Gasteiger partial charge in [0.15, 0.2) is 6.67 Å². The smallest absolute Gasteiger partial charge is 1.00 e. The van der Waals surface area contributed by atoms with Gasteiger partial charge in [-0.3, -0.25) is 0 Å². The fourth-order valence-corrected chi connectivity index (χ4v) is 4.13. The van der Waals surface area contributed by atoms with Gasteiger partial charge in [0, 0.05) is 23.7 Å². The average Bonchev–Trinajstić information content (AvgIpc) is 3.11. The number of hydrogen-bond donors (Lipinski definition) is 0. The molecule has 2 heterocycles. The number of nitrogens with zero attached hydrogens (tertiary/aromatic N) is 3. The standard InChI is InChI=1S/C25H26N3.Ag.BrH/c1-17-14-20(4)25(21(5)15-17)28-13-12-27(16-28)23-11-7-10-22(26-23)24-18(2)8-6-9-19(24)3;;/h6-16H,1-5H3;;1H/q;+1;/p-1. The summed E-state index contributed by atoms with van der Waals surface area (Å²) in [6, 6.07) is 17.1. The van der Waals surface area contributed by atoms with E-state index in [1.54, 1.807) is 0 Å². The summed E-state index contributed by atoms with van der Waals surface area (Å²) in [6.45, 7) is 12.9. The van der Waals surface area contributed by atoms with E-state index < -0.39 is 0 Å². The molecule has 4 rings (SSSR count). The van der Waals surface area contributed by atoms with Crippen molar-refractivity contribution in [1.82, 2.24) is 4.98 Å². The van der Waals surface area contributed by atoms with Gasteiger partial charge in [-0.1, -0.05) is 42.0 Å². The van der Waals surface area contributed by atoms with Crippen molar-refractivity contribution in [2.75, 3.05) is 9.80 Å². The first kappa shape index (κ1) is 24.4. The second-order valence-electron chi connectivity index (χ2n) is 7.62. The largest absolute Gasteiger partial charge is 1.00 e. The van der Waals surface area contributed by atoms with Crippen LogP contribution in [0.2, 0.25) is 0 Å². The predicted octanol–water partition coefficient (Wildman–Crippen LogP) is 3.21. The van der Waals surface area contributed by atoms with Gasteiger partial charge in [-0.05, 0) is 69.0 Å². The molecule has 0 saturated heterocycles. The van der Waals surface area contributed by atoms with Crippen LogP contribution in [0.5, 0.6) is 0 Å². The normalized spacial score (nSPS) is 12.6. The van der Waals surface area contributed by atoms with Crippen LogP contribution in [0, 0.1) is 41.3 Å². The third kappa shape index (κ3) is 4.73. The van der Waals surface area contributed by atoms with Crippen molar-refractivity contribution in [2.24, 2.45) is 0 Å². The van der Waals surface area contributed by atoms with Gasteiger partial charge in [-0.2, -0.15) is 0 Å². The van der Waals surface area contributed by atoms with Crippen LogP contribution < -0.4 is 26.8 Å². The zero-order chi connectivity index (χ0) is 19.8. The molecule has 0 atom stereocenters. The maximum Gasteiger partial charge on any atom is 1.00 e. The van der Waals surface area contributed by atoms with Crippen LogP contribution in [0.25, 0.3) is 11.3 Å². The van der Waals surface area contributed by atoms with Crippen LogP contribution in [0.4, 0.5) is 11.5 Å². The van der Waals surface area contributed by atoms with Crippen molar-refractivity contribution in [3.05, 3.63) is 95.4 Å². The Morgan fingerprint density at radius 1 is 0.700 bits per heavy atom. The number of halogens is 1. The van der Waals surface area contributed by atoms with Crippen molar-refractivity contribution in [2.45, 2.75) is 34.6 Å². The van der Waals surface area contributed by atoms with Gasteiger partial charge in [0.2, 0.25) is 0 Å². The van der Waals surface area contributed by atoms with Crippen LogP contribution in [0.15, 0.2) is 60.9 Å². The van der Waals surface area contributed by atoms with E-state index in [4.69, 9.17) is 4.98 Å². The second kappa shape index (κ2) is 9.97. The Morgan fingerprint density at radius 3 is 1.90 bits per heavy atom. The Balaban J connectivity index is 0.00000160. The third-order valence-electron chi connectivity index (χ3n) is 5.27. The van der Waals surface area contributed by atoms with Crippen LogP contribution in [0.1, 0.15) is 27.8 Å². The van der Waals surface area contributed by atoms with E-state index >= 15 is 0 Å². The molecule has 0 fully saturated rings. The first-order valence-electron chi connectivity index (χ1n) is 9.65. The minimum atomic E-state index is 0. The summed E-state index contributed by atoms with van der Waals surface area (Å²) in [5.41, 5.74) is 9.80. The third-order valence-corrected chi connectivity index (χ3v) is 5.27. The van der Waals surface area contributed by atoms with E-state index in [1.807, 2.05) is 0 Å². The summed E-state index contributed by atoms with van der Waals surface area (Å²) in [6.07, 6.45) is 4.16. The van der Waals surface area contributed by atoms with Crippen molar-refractivity contribution in [1.29, 1.82) is 0 Å². The monoisotopic (exact) mass is 554 g/mol. The molecule has 5 heteroatoms. The van der Waals surface area contributed by atoms with Gasteiger partial charge in [0.1, 0.15) is 5.82 Å². The number of anilines is 2. The Kier molecular flexibility index (Phi) is 8.12. The molecule has 0 aliphatic carbocycles. The number of aryl methyl sites for hydroxylation is 5. The molecule has 1 aromatic heterocycles. The van der Waals surface area contributed by atoms with Crippen LogP contribution in [0.3, 0.4) is 0 Å².